The Morgan fingerprint density at radius 3 is 2.00 bits per heavy atom. The molecule has 0 atom stereocenters. The summed E-state index contributed by atoms with van der Waals surface area (Å²) in [5.74, 6) is 0.0200. The van der Waals surface area contributed by atoms with Crippen molar-refractivity contribution in [2.75, 3.05) is 5.32 Å². The monoisotopic (exact) mass is 476 g/mol. The van der Waals surface area contributed by atoms with Gasteiger partial charge in [-0.05, 0) is 60.7 Å². The van der Waals surface area contributed by atoms with Crippen LogP contribution < -0.4 is 10.9 Å². The van der Waals surface area contributed by atoms with E-state index in [1.807, 2.05) is 0 Å². The molecule has 2 aromatic heterocycles. The zero-order valence-electron chi connectivity index (χ0n) is 17.0. The molecule has 0 bridgehead atoms. The lowest BCUT2D eigenvalue weighted by molar-refractivity contribution is -0.138. The van der Waals surface area contributed by atoms with Gasteiger partial charge in [-0.2, -0.15) is 26.3 Å². The van der Waals surface area contributed by atoms with Crippen molar-refractivity contribution in [1.29, 1.82) is 0 Å². The van der Waals surface area contributed by atoms with E-state index in [4.69, 9.17) is 0 Å². The number of aliphatic imine (C=N–C) groups is 1. The number of fused-ring (bicyclic) bond motifs is 1. The third-order valence-corrected chi connectivity index (χ3v) is 4.78. The molecule has 11 heteroatoms. The highest BCUT2D eigenvalue weighted by atomic mass is 19.4. The van der Waals surface area contributed by atoms with Gasteiger partial charge in [-0.25, -0.2) is 4.98 Å². The Balaban J connectivity index is 1.73. The normalized spacial score (nSPS) is 12.4. The molecule has 5 nitrogen and oxygen atoms in total. The Hall–Kier alpha value is -4.15. The fourth-order valence-corrected chi connectivity index (χ4v) is 3.07. The lowest BCUT2D eigenvalue weighted by Gasteiger charge is -2.12. The summed E-state index contributed by atoms with van der Waals surface area (Å²) in [5, 5.41) is 2.82. The van der Waals surface area contributed by atoms with Gasteiger partial charge < -0.3 is 5.32 Å². The predicted octanol–water partition coefficient (Wildman–Crippen LogP) is 6.23. The molecule has 0 spiro atoms. The first-order valence-electron chi connectivity index (χ1n) is 9.69. The SMILES string of the molecule is O=c1c(C=Nc2ccc(C(F)(F)F)cc2)c(Nc2ccc(C(F)(F)F)cc2)nc2ccccn12. The molecule has 0 amide bonds. The Morgan fingerprint density at radius 1 is 0.824 bits per heavy atom. The van der Waals surface area contributed by atoms with Gasteiger partial charge in [0.2, 0.25) is 0 Å². The summed E-state index contributed by atoms with van der Waals surface area (Å²) in [7, 11) is 0. The first kappa shape index (κ1) is 23.0. The van der Waals surface area contributed by atoms with Gasteiger partial charge in [0.1, 0.15) is 17.0 Å². The van der Waals surface area contributed by atoms with Crippen molar-refractivity contribution >= 4 is 29.1 Å². The molecule has 0 saturated heterocycles. The van der Waals surface area contributed by atoms with E-state index >= 15 is 0 Å². The summed E-state index contributed by atoms with van der Waals surface area (Å²) in [6.45, 7) is 0. The maximum atomic E-state index is 13.0. The molecule has 0 saturated carbocycles. The highest BCUT2D eigenvalue weighted by Crippen LogP contribution is 2.31. The molecule has 4 aromatic rings. The van der Waals surface area contributed by atoms with Crippen LogP contribution in [-0.2, 0) is 12.4 Å². The van der Waals surface area contributed by atoms with Crippen LogP contribution in [0.5, 0.6) is 0 Å². The molecule has 0 unspecified atom stereocenters. The smallest absolute Gasteiger partial charge is 0.339 e. The number of hydrogen-bond donors (Lipinski definition) is 1. The summed E-state index contributed by atoms with van der Waals surface area (Å²) >= 11 is 0. The van der Waals surface area contributed by atoms with E-state index in [9.17, 15) is 31.1 Å². The molecular weight excluding hydrogens is 462 g/mol. The van der Waals surface area contributed by atoms with Crippen molar-refractivity contribution in [1.82, 2.24) is 9.38 Å². The number of rotatable bonds is 4. The molecule has 4 rings (SSSR count). The van der Waals surface area contributed by atoms with Gasteiger partial charge >= 0.3 is 12.4 Å². The topological polar surface area (TPSA) is 58.8 Å². The number of halogens is 6. The molecule has 174 valence electrons. The van der Waals surface area contributed by atoms with Gasteiger partial charge in [0.15, 0.2) is 0 Å². The highest BCUT2D eigenvalue weighted by molar-refractivity contribution is 5.89. The lowest BCUT2D eigenvalue weighted by Crippen LogP contribution is -2.21. The number of hydrogen-bond acceptors (Lipinski definition) is 4. The minimum absolute atomic E-state index is 0.0200. The predicted molar refractivity (Wildman–Crippen MR) is 115 cm³/mol. The molecule has 34 heavy (non-hydrogen) atoms. The zero-order chi connectivity index (χ0) is 24.5. The first-order valence-corrected chi connectivity index (χ1v) is 9.69. The Kier molecular flexibility index (Phi) is 5.86. The van der Waals surface area contributed by atoms with E-state index in [-0.39, 0.29) is 28.4 Å². The van der Waals surface area contributed by atoms with E-state index in [1.54, 1.807) is 18.2 Å². The van der Waals surface area contributed by atoms with E-state index in [0.29, 0.717) is 0 Å². The fraction of sp³-hybridized carbons (Fsp3) is 0.0870. The summed E-state index contributed by atoms with van der Waals surface area (Å²) in [4.78, 5) is 21.5. The summed E-state index contributed by atoms with van der Waals surface area (Å²) in [6, 6.07) is 13.0. The van der Waals surface area contributed by atoms with Crippen molar-refractivity contribution < 1.29 is 26.3 Å². The number of aromatic nitrogens is 2. The van der Waals surface area contributed by atoms with Crippen LogP contribution in [-0.4, -0.2) is 15.6 Å². The van der Waals surface area contributed by atoms with E-state index in [2.05, 4.69) is 15.3 Å². The van der Waals surface area contributed by atoms with E-state index in [1.165, 1.54) is 22.7 Å². The molecule has 0 radical (unpaired) electrons. The van der Waals surface area contributed by atoms with Crippen LogP contribution in [0.25, 0.3) is 5.65 Å². The number of nitrogens with zero attached hydrogens (tertiary/aromatic N) is 3. The van der Waals surface area contributed by atoms with Crippen LogP contribution in [0.15, 0.2) is 82.7 Å². The maximum Gasteiger partial charge on any atom is 0.416 e. The van der Waals surface area contributed by atoms with Crippen LogP contribution >= 0.6 is 0 Å². The Bertz CT molecular complexity index is 1410. The highest BCUT2D eigenvalue weighted by Gasteiger charge is 2.30. The number of alkyl halides is 6. The second-order valence-corrected chi connectivity index (χ2v) is 7.11. The summed E-state index contributed by atoms with van der Waals surface area (Å²) in [6.07, 6.45) is -6.38. The number of benzene rings is 2. The van der Waals surface area contributed by atoms with Gasteiger partial charge in [0.05, 0.1) is 16.8 Å². The van der Waals surface area contributed by atoms with E-state index < -0.39 is 29.0 Å². The van der Waals surface area contributed by atoms with Gasteiger partial charge in [0.25, 0.3) is 5.56 Å². The maximum absolute atomic E-state index is 13.0. The van der Waals surface area contributed by atoms with Crippen LogP contribution in [0.3, 0.4) is 0 Å². The second-order valence-electron chi connectivity index (χ2n) is 7.11. The third-order valence-electron chi connectivity index (χ3n) is 4.78. The molecule has 2 aromatic carbocycles. The minimum Gasteiger partial charge on any atom is -0.339 e. The molecule has 0 aliphatic carbocycles. The number of nitrogens with one attached hydrogen (secondary N) is 1. The number of anilines is 2. The van der Waals surface area contributed by atoms with Crippen LogP contribution in [0.4, 0.5) is 43.5 Å². The van der Waals surface area contributed by atoms with E-state index in [0.717, 1.165) is 42.6 Å². The number of pyridine rings is 1. The fourth-order valence-electron chi connectivity index (χ4n) is 3.07. The first-order chi connectivity index (χ1) is 16.0. The minimum atomic E-state index is -4.50. The zero-order valence-corrected chi connectivity index (χ0v) is 17.0. The Morgan fingerprint density at radius 2 is 1.41 bits per heavy atom. The van der Waals surface area contributed by atoms with Gasteiger partial charge in [0, 0.05) is 18.1 Å². The van der Waals surface area contributed by atoms with Crippen molar-refractivity contribution in [2.24, 2.45) is 4.99 Å². The largest absolute Gasteiger partial charge is 0.416 e. The molecule has 0 fully saturated rings. The van der Waals surface area contributed by atoms with Crippen molar-refractivity contribution in [3.63, 3.8) is 0 Å². The van der Waals surface area contributed by atoms with Crippen LogP contribution in [0.2, 0.25) is 0 Å². The van der Waals surface area contributed by atoms with Crippen molar-refractivity contribution in [3.05, 3.63) is 100.0 Å². The van der Waals surface area contributed by atoms with Crippen molar-refractivity contribution in [3.8, 4) is 0 Å². The summed E-state index contributed by atoms with van der Waals surface area (Å²) < 4.78 is 78.0. The van der Waals surface area contributed by atoms with Gasteiger partial charge in [-0.15, -0.1) is 0 Å². The standard InChI is InChI=1S/C23H14F6N4O/c24-22(25,26)14-4-8-16(9-5-14)30-13-18-20(32-19-3-1-2-12-33(19)21(18)34)31-17-10-6-15(7-11-17)23(27,28)29/h1-13,31H. The molecule has 0 aliphatic rings. The molecule has 0 aliphatic heterocycles. The van der Waals surface area contributed by atoms with Gasteiger partial charge in [-0.1, -0.05) is 6.07 Å². The average Bonchev–Trinajstić information content (AvgIpc) is 2.78. The quantitative estimate of drug-likeness (QED) is 0.281. The summed E-state index contributed by atoms with van der Waals surface area (Å²) in [5.41, 5.74) is -1.58. The Labute approximate surface area is 188 Å². The molecule has 2 heterocycles. The van der Waals surface area contributed by atoms with Crippen molar-refractivity contribution in [2.45, 2.75) is 12.4 Å². The van der Waals surface area contributed by atoms with Gasteiger partial charge in [-0.3, -0.25) is 14.2 Å². The second kappa shape index (κ2) is 8.65. The lowest BCUT2D eigenvalue weighted by atomic mass is 10.2. The third kappa shape index (κ3) is 4.92. The molecule has 1 N–H and O–H groups in total. The molecular formula is C23H14F6N4O. The van der Waals surface area contributed by atoms with Crippen LogP contribution in [0.1, 0.15) is 16.7 Å². The average molecular weight is 476 g/mol. The van der Waals surface area contributed by atoms with Crippen LogP contribution in [0, 0.1) is 0 Å².